The lowest BCUT2D eigenvalue weighted by Gasteiger charge is -2.41. The van der Waals surface area contributed by atoms with Gasteiger partial charge in [-0.2, -0.15) is 5.26 Å². The summed E-state index contributed by atoms with van der Waals surface area (Å²) in [5.41, 5.74) is 0.370. The summed E-state index contributed by atoms with van der Waals surface area (Å²) in [6.07, 6.45) is -9.86. The number of carbonyl (C=O) groups is 4. The van der Waals surface area contributed by atoms with E-state index in [1.165, 1.54) is 0 Å². The molecule has 11 nitrogen and oxygen atoms in total. The summed E-state index contributed by atoms with van der Waals surface area (Å²) >= 11 is 0. The lowest BCUT2D eigenvalue weighted by Crippen LogP contribution is -2.63. The quantitative estimate of drug-likeness (QED) is 0.484. The summed E-state index contributed by atoms with van der Waals surface area (Å²) in [5, 5.41) is 20.0. The van der Waals surface area contributed by atoms with Gasteiger partial charge in [-0.05, 0) is 0 Å². The molecule has 1 aromatic rings. The molecule has 0 saturated carbocycles. The highest BCUT2D eigenvalue weighted by Gasteiger charge is 2.54. The molecule has 1 heterocycles. The van der Waals surface area contributed by atoms with Crippen LogP contribution in [0.25, 0.3) is 0 Å². The number of esters is 4. The number of aliphatic hydroxyl groups is 1. The number of hydrogen-bond acceptors (Lipinski definition) is 11. The number of nitriles is 1. The van der Waals surface area contributed by atoms with Gasteiger partial charge in [0.05, 0.1) is 0 Å². The van der Waals surface area contributed by atoms with E-state index in [9.17, 15) is 29.5 Å². The number of nitrogens with zero attached hydrogens (tertiary/aromatic N) is 1. The topological polar surface area (TPSA) is 158 Å². The first kappa shape index (κ1) is 23.8. The van der Waals surface area contributed by atoms with Crippen molar-refractivity contribution >= 4 is 23.9 Å². The van der Waals surface area contributed by atoms with E-state index in [2.05, 4.69) is 0 Å². The van der Waals surface area contributed by atoms with Crippen LogP contribution in [0.3, 0.4) is 0 Å². The normalized spacial score (nSPS) is 26.0. The van der Waals surface area contributed by atoms with E-state index < -0.39 is 60.7 Å². The standard InChI is InChI=1S/C20H21NO10/c1-10(22)27-16-15(25)17(31-20(29-12(3)24)18(16)28-11(2)23)19(26)30-14(9-21)13-7-5-4-6-8-13/h4-8,14-18,20,25H,1-3H3/t14?,15-,16-,17-,18+,20+/m0/s1. The van der Waals surface area contributed by atoms with Gasteiger partial charge in [-0.15, -0.1) is 0 Å². The highest BCUT2D eigenvalue weighted by Crippen LogP contribution is 2.29. The smallest absolute Gasteiger partial charge is 0.339 e. The van der Waals surface area contributed by atoms with Gasteiger partial charge in [-0.1, -0.05) is 30.3 Å². The number of carbonyl (C=O) groups excluding carboxylic acids is 4. The zero-order valence-corrected chi connectivity index (χ0v) is 16.9. The number of rotatable bonds is 6. The van der Waals surface area contributed by atoms with Crippen molar-refractivity contribution in [3.8, 4) is 6.07 Å². The van der Waals surface area contributed by atoms with Crippen LogP contribution in [0.15, 0.2) is 30.3 Å². The van der Waals surface area contributed by atoms with E-state index in [1.54, 1.807) is 36.4 Å². The third-order valence-electron chi connectivity index (χ3n) is 4.09. The molecule has 2 rings (SSSR count). The van der Waals surface area contributed by atoms with E-state index in [-0.39, 0.29) is 0 Å². The Hall–Kier alpha value is -3.49. The van der Waals surface area contributed by atoms with E-state index in [1.807, 2.05) is 0 Å². The van der Waals surface area contributed by atoms with Crippen molar-refractivity contribution in [3.05, 3.63) is 35.9 Å². The molecule has 1 aliphatic rings. The minimum Gasteiger partial charge on any atom is -0.455 e. The van der Waals surface area contributed by atoms with Crippen molar-refractivity contribution in [2.45, 2.75) is 57.6 Å². The molecule has 0 radical (unpaired) electrons. The number of benzene rings is 1. The highest BCUT2D eigenvalue weighted by atomic mass is 16.7. The zero-order chi connectivity index (χ0) is 23.1. The van der Waals surface area contributed by atoms with E-state index in [4.69, 9.17) is 23.7 Å². The number of hydrogen-bond donors (Lipinski definition) is 1. The van der Waals surface area contributed by atoms with Crippen molar-refractivity contribution in [3.63, 3.8) is 0 Å². The SMILES string of the molecule is CC(=O)O[C@@H]1O[C@H](C(=O)OC(C#N)c2ccccc2)[C@@H](O)[C@H](OC(C)=O)[C@H]1OC(C)=O. The molecule has 0 spiro atoms. The van der Waals surface area contributed by atoms with Gasteiger partial charge in [0.2, 0.25) is 18.5 Å². The molecule has 1 aromatic carbocycles. The Morgan fingerprint density at radius 3 is 2.03 bits per heavy atom. The molecule has 0 aromatic heterocycles. The van der Waals surface area contributed by atoms with Crippen LogP contribution in [0.1, 0.15) is 32.4 Å². The first-order chi connectivity index (χ1) is 14.6. The molecule has 1 N–H and O–H groups in total. The van der Waals surface area contributed by atoms with E-state index in [0.29, 0.717) is 5.56 Å². The predicted octanol–water partition coefficient (Wildman–Crippen LogP) is 0.307. The van der Waals surface area contributed by atoms with Crippen LogP contribution >= 0.6 is 0 Å². The minimum atomic E-state index is -1.86. The van der Waals surface area contributed by atoms with Crippen molar-refractivity contribution < 1.29 is 48.0 Å². The summed E-state index contributed by atoms with van der Waals surface area (Å²) in [6, 6.07) is 9.89. The van der Waals surface area contributed by atoms with Gasteiger partial charge in [0.1, 0.15) is 12.2 Å². The summed E-state index contributed by atoms with van der Waals surface area (Å²) in [5.74, 6) is -3.74. The third kappa shape index (κ3) is 6.24. The van der Waals surface area contributed by atoms with Gasteiger partial charge in [0.25, 0.3) is 0 Å². The Morgan fingerprint density at radius 2 is 1.52 bits per heavy atom. The van der Waals surface area contributed by atoms with E-state index >= 15 is 0 Å². The molecule has 0 bridgehead atoms. The van der Waals surface area contributed by atoms with Crippen molar-refractivity contribution in [1.29, 1.82) is 5.26 Å². The number of ether oxygens (including phenoxy) is 5. The van der Waals surface area contributed by atoms with Gasteiger partial charge < -0.3 is 28.8 Å². The van der Waals surface area contributed by atoms with Gasteiger partial charge in [0, 0.05) is 26.3 Å². The second-order valence-electron chi connectivity index (χ2n) is 6.53. The first-order valence-electron chi connectivity index (χ1n) is 9.14. The molecule has 1 fully saturated rings. The Morgan fingerprint density at radius 1 is 0.968 bits per heavy atom. The van der Waals surface area contributed by atoms with Crippen molar-refractivity contribution in [2.24, 2.45) is 0 Å². The maximum Gasteiger partial charge on any atom is 0.339 e. The van der Waals surface area contributed by atoms with Crippen LogP contribution in [0, 0.1) is 11.3 Å². The average molecular weight is 435 g/mol. The summed E-state index contributed by atoms with van der Waals surface area (Å²) in [4.78, 5) is 47.2. The Labute approximate surface area is 177 Å². The molecule has 11 heteroatoms. The van der Waals surface area contributed by atoms with Crippen LogP contribution in [-0.4, -0.2) is 59.7 Å². The van der Waals surface area contributed by atoms with Crippen LogP contribution in [0.5, 0.6) is 0 Å². The average Bonchev–Trinajstić information content (AvgIpc) is 2.70. The molecule has 0 amide bonds. The molecule has 1 aliphatic heterocycles. The lowest BCUT2D eigenvalue weighted by molar-refractivity contribution is -0.292. The van der Waals surface area contributed by atoms with Crippen molar-refractivity contribution in [2.75, 3.05) is 0 Å². The fourth-order valence-electron chi connectivity index (χ4n) is 2.90. The Bertz CT molecular complexity index is 864. The molecule has 0 aliphatic carbocycles. The van der Waals surface area contributed by atoms with Crippen LogP contribution < -0.4 is 0 Å². The van der Waals surface area contributed by atoms with Crippen LogP contribution in [0.4, 0.5) is 0 Å². The van der Waals surface area contributed by atoms with Crippen LogP contribution in [0.2, 0.25) is 0 Å². The van der Waals surface area contributed by atoms with Crippen LogP contribution in [-0.2, 0) is 42.9 Å². The third-order valence-corrected chi connectivity index (χ3v) is 4.09. The van der Waals surface area contributed by atoms with Gasteiger partial charge >= 0.3 is 23.9 Å². The monoisotopic (exact) mass is 435 g/mol. The molecule has 6 atom stereocenters. The molecule has 31 heavy (non-hydrogen) atoms. The number of aliphatic hydroxyl groups excluding tert-OH is 1. The molecular formula is C20H21NO10. The minimum absolute atomic E-state index is 0.370. The Kier molecular flexibility index (Phi) is 8.07. The zero-order valence-electron chi connectivity index (χ0n) is 16.9. The fourth-order valence-corrected chi connectivity index (χ4v) is 2.90. The molecular weight excluding hydrogens is 414 g/mol. The molecule has 1 unspecified atom stereocenters. The van der Waals surface area contributed by atoms with Crippen molar-refractivity contribution in [1.82, 2.24) is 0 Å². The van der Waals surface area contributed by atoms with Gasteiger partial charge in [-0.25, -0.2) is 4.79 Å². The molecule has 1 saturated heterocycles. The fraction of sp³-hybridized carbons (Fsp3) is 0.450. The predicted molar refractivity (Wildman–Crippen MR) is 98.4 cm³/mol. The maximum absolute atomic E-state index is 12.7. The second-order valence-corrected chi connectivity index (χ2v) is 6.53. The summed E-state index contributed by atoms with van der Waals surface area (Å²) < 4.78 is 25.4. The summed E-state index contributed by atoms with van der Waals surface area (Å²) in [6.45, 7) is 3.11. The van der Waals surface area contributed by atoms with Gasteiger partial charge in [0.15, 0.2) is 12.2 Å². The van der Waals surface area contributed by atoms with E-state index in [0.717, 1.165) is 20.8 Å². The largest absolute Gasteiger partial charge is 0.455 e. The lowest BCUT2D eigenvalue weighted by atomic mass is 9.98. The highest BCUT2D eigenvalue weighted by molar-refractivity contribution is 5.77. The Balaban J connectivity index is 2.32. The van der Waals surface area contributed by atoms with Gasteiger partial charge in [-0.3, -0.25) is 14.4 Å². The maximum atomic E-state index is 12.7. The summed E-state index contributed by atoms with van der Waals surface area (Å²) in [7, 11) is 0. The second kappa shape index (κ2) is 10.5. The molecule has 166 valence electrons. The first-order valence-corrected chi connectivity index (χ1v) is 9.14.